The lowest BCUT2D eigenvalue weighted by Crippen LogP contribution is -1.85. The average Bonchev–Trinajstić information content (AvgIpc) is 1.77. The monoisotopic (exact) mass is 122 g/mol. The van der Waals surface area contributed by atoms with E-state index in [0.717, 1.165) is 5.30 Å². The number of hydrogen-bond donors (Lipinski definition) is 0. The fraction of sp³-hybridized carbons (Fsp3) is 0.143. The number of hydrogen-bond acceptors (Lipinski definition) is 0. The van der Waals surface area contributed by atoms with Gasteiger partial charge in [0, 0.05) is 0 Å². The molecule has 1 aromatic carbocycles. The molecule has 1 heteroatoms. The van der Waals surface area contributed by atoms with E-state index in [9.17, 15) is 0 Å². The summed E-state index contributed by atoms with van der Waals surface area (Å²) >= 11 is 0. The first kappa shape index (κ1) is 5.78. The van der Waals surface area contributed by atoms with E-state index in [1.807, 2.05) is 24.3 Å². The molecule has 42 valence electrons. The Kier molecular flexibility index (Phi) is 1.65. The van der Waals surface area contributed by atoms with Gasteiger partial charge in [0.2, 0.25) is 0 Å². The van der Waals surface area contributed by atoms with Crippen molar-refractivity contribution in [3.8, 4) is 0 Å². The highest BCUT2D eigenvalue weighted by Crippen LogP contribution is 1.94. The maximum absolute atomic E-state index is 4.13. The van der Waals surface area contributed by atoms with Crippen molar-refractivity contribution in [3.05, 3.63) is 29.8 Å². The number of benzene rings is 1. The van der Waals surface area contributed by atoms with Crippen molar-refractivity contribution in [1.82, 2.24) is 0 Å². The van der Waals surface area contributed by atoms with Crippen molar-refractivity contribution in [2.24, 2.45) is 0 Å². The van der Waals surface area contributed by atoms with Crippen LogP contribution in [0.15, 0.2) is 24.3 Å². The van der Waals surface area contributed by atoms with Crippen LogP contribution in [0.25, 0.3) is 0 Å². The lowest BCUT2D eigenvalue weighted by Gasteiger charge is -2.32. The third kappa shape index (κ3) is 1.31. The molecule has 1 rings (SSSR count). The summed E-state index contributed by atoms with van der Waals surface area (Å²) in [6.07, 6.45) is 0. The van der Waals surface area contributed by atoms with Gasteiger partial charge in [-0.25, -0.2) is 0 Å². The van der Waals surface area contributed by atoms with Gasteiger partial charge in [-0.15, -0.1) is 12.1 Å². The maximum Gasteiger partial charge on any atom is -0.0398 e. The minimum absolute atomic E-state index is 1.02. The van der Waals surface area contributed by atoms with E-state index < -0.39 is 0 Å². The Morgan fingerprint density at radius 3 is 2.00 bits per heavy atom. The molecule has 8 heavy (non-hydrogen) atoms. The maximum atomic E-state index is 4.13. The zero-order valence-electron chi connectivity index (χ0n) is 4.76. The van der Waals surface area contributed by atoms with Gasteiger partial charge in [-0.3, -0.25) is 0 Å². The molecule has 0 N–H and O–H groups in total. The first-order chi connectivity index (χ1) is 3.79. The molecular formula is C7H7P-2. The molecule has 0 aliphatic heterocycles. The second kappa shape index (κ2) is 2.28. The SMILES string of the molecule is Cc1ccc([P-2])cc1. The van der Waals surface area contributed by atoms with E-state index in [1.54, 1.807) is 0 Å². The van der Waals surface area contributed by atoms with Crippen molar-refractivity contribution < 1.29 is 0 Å². The highest BCUT2D eigenvalue weighted by Gasteiger charge is 1.70. The van der Waals surface area contributed by atoms with Gasteiger partial charge in [0.1, 0.15) is 0 Å². The topological polar surface area (TPSA) is 0 Å². The zero-order valence-corrected chi connectivity index (χ0v) is 5.65. The zero-order chi connectivity index (χ0) is 5.98. The molecule has 0 saturated heterocycles. The van der Waals surface area contributed by atoms with Gasteiger partial charge < -0.3 is 14.5 Å². The summed E-state index contributed by atoms with van der Waals surface area (Å²) in [7, 11) is 4.13. The van der Waals surface area contributed by atoms with Gasteiger partial charge in [-0.05, 0) is 6.92 Å². The summed E-state index contributed by atoms with van der Waals surface area (Å²) in [6, 6.07) is 8.06. The Labute approximate surface area is 52.1 Å². The third-order valence-corrected chi connectivity index (χ3v) is 1.33. The second-order valence-corrected chi connectivity index (χ2v) is 2.35. The van der Waals surface area contributed by atoms with E-state index in [4.69, 9.17) is 0 Å². The molecule has 0 aromatic heterocycles. The fourth-order valence-corrected chi connectivity index (χ4v) is 0.694. The molecule has 0 aliphatic rings. The predicted molar refractivity (Wildman–Crippen MR) is 37.7 cm³/mol. The minimum atomic E-state index is 1.02. The van der Waals surface area contributed by atoms with Crippen LogP contribution in [0.3, 0.4) is 0 Å². The van der Waals surface area contributed by atoms with Crippen LogP contribution in [0.2, 0.25) is 0 Å². The second-order valence-electron chi connectivity index (χ2n) is 1.84. The molecule has 0 unspecified atom stereocenters. The van der Waals surface area contributed by atoms with E-state index in [1.165, 1.54) is 5.56 Å². The molecule has 0 heterocycles. The highest BCUT2D eigenvalue weighted by molar-refractivity contribution is 7.27. The van der Waals surface area contributed by atoms with E-state index in [2.05, 4.69) is 16.2 Å². The summed E-state index contributed by atoms with van der Waals surface area (Å²) in [4.78, 5) is 0. The highest BCUT2D eigenvalue weighted by atomic mass is 31.0. The van der Waals surface area contributed by atoms with Crippen molar-refractivity contribution in [2.45, 2.75) is 6.92 Å². The Hall–Kier alpha value is -0.350. The molecule has 1 aromatic rings. The van der Waals surface area contributed by atoms with Crippen LogP contribution in [-0.4, -0.2) is 0 Å². The van der Waals surface area contributed by atoms with Gasteiger partial charge in [-0.2, -0.15) is 0 Å². The first-order valence-corrected chi connectivity index (χ1v) is 2.99. The summed E-state index contributed by atoms with van der Waals surface area (Å²) < 4.78 is 0. The Morgan fingerprint density at radius 1 is 1.12 bits per heavy atom. The van der Waals surface area contributed by atoms with Crippen molar-refractivity contribution in [2.75, 3.05) is 0 Å². The minimum Gasteiger partial charge on any atom is -1.45 e. The molecule has 0 radical (unpaired) electrons. The van der Waals surface area contributed by atoms with Gasteiger partial charge in [-0.1, -0.05) is 17.7 Å². The van der Waals surface area contributed by atoms with Crippen molar-refractivity contribution in [3.63, 3.8) is 0 Å². The van der Waals surface area contributed by atoms with Crippen LogP contribution in [-0.2, 0) is 0 Å². The lowest BCUT2D eigenvalue weighted by atomic mass is 10.2. The van der Waals surface area contributed by atoms with Gasteiger partial charge >= 0.3 is 0 Å². The summed E-state index contributed by atoms with van der Waals surface area (Å²) in [5.74, 6) is 0. The average molecular weight is 122 g/mol. The molecule has 0 atom stereocenters. The van der Waals surface area contributed by atoms with Crippen LogP contribution in [0.1, 0.15) is 5.56 Å². The first-order valence-electron chi connectivity index (χ1n) is 2.54. The third-order valence-electron chi connectivity index (χ3n) is 1.03. The molecule has 0 aliphatic carbocycles. The van der Waals surface area contributed by atoms with Crippen molar-refractivity contribution >= 4 is 14.5 Å². The molecule has 0 fully saturated rings. The van der Waals surface area contributed by atoms with E-state index >= 15 is 0 Å². The lowest BCUT2D eigenvalue weighted by molar-refractivity contribution is 1.49. The van der Waals surface area contributed by atoms with Gasteiger partial charge in [0.15, 0.2) is 0 Å². The van der Waals surface area contributed by atoms with E-state index in [0.29, 0.717) is 0 Å². The quantitative estimate of drug-likeness (QED) is 0.462. The Balaban J connectivity index is 3.03. The Bertz CT molecular complexity index is 143. The summed E-state index contributed by atoms with van der Waals surface area (Å²) in [5.41, 5.74) is 1.28. The molecule has 0 spiro atoms. The van der Waals surface area contributed by atoms with Crippen LogP contribution in [0, 0.1) is 6.92 Å². The molecule has 0 saturated carbocycles. The normalized spacial score (nSPS) is 9.25. The number of aryl methyl sites for hydroxylation is 1. The fourth-order valence-electron chi connectivity index (χ4n) is 0.545. The van der Waals surface area contributed by atoms with Gasteiger partial charge in [0.05, 0.1) is 0 Å². The summed E-state index contributed by atoms with van der Waals surface area (Å²) in [5, 5.41) is 1.02. The molecule has 0 amide bonds. The molecule has 0 nitrogen and oxygen atoms in total. The molecule has 0 bridgehead atoms. The van der Waals surface area contributed by atoms with Crippen LogP contribution in [0.5, 0.6) is 0 Å². The standard InChI is InChI=1S/C7H7P/c1-6-2-4-7(8)5-3-6/h2-5H,1H3/q-2. The van der Waals surface area contributed by atoms with E-state index in [-0.39, 0.29) is 0 Å². The van der Waals surface area contributed by atoms with Crippen LogP contribution in [0.4, 0.5) is 0 Å². The Morgan fingerprint density at radius 2 is 1.62 bits per heavy atom. The van der Waals surface area contributed by atoms with Crippen molar-refractivity contribution in [1.29, 1.82) is 0 Å². The van der Waals surface area contributed by atoms with Crippen LogP contribution >= 0.6 is 9.24 Å². The summed E-state index contributed by atoms with van der Waals surface area (Å²) in [6.45, 7) is 2.06. The van der Waals surface area contributed by atoms with Crippen LogP contribution < -0.4 is 5.30 Å². The smallest absolute Gasteiger partial charge is 0.0398 e. The molecular weight excluding hydrogens is 115 g/mol. The predicted octanol–water partition coefficient (Wildman–Crippen LogP) is 2.03. The van der Waals surface area contributed by atoms with Gasteiger partial charge in [0.25, 0.3) is 0 Å². The number of rotatable bonds is 0. The largest absolute Gasteiger partial charge is 1.45 e.